The average molecular weight is 450 g/mol. The quantitative estimate of drug-likeness (QED) is 0.516. The highest BCUT2D eigenvalue weighted by Crippen LogP contribution is 2.34. The summed E-state index contributed by atoms with van der Waals surface area (Å²) in [6.07, 6.45) is 2.99. The van der Waals surface area contributed by atoms with Gasteiger partial charge in [0.05, 0.1) is 16.3 Å². The number of amides is 2. The maximum absolute atomic E-state index is 13.4. The Hall–Kier alpha value is -3.75. The Morgan fingerprint density at radius 1 is 1.18 bits per heavy atom. The Kier molecular flexibility index (Phi) is 6.67. The van der Waals surface area contributed by atoms with Crippen LogP contribution in [-0.2, 0) is 4.79 Å². The van der Waals surface area contributed by atoms with Gasteiger partial charge in [0.25, 0.3) is 11.6 Å². The number of nitro benzene ring substituents is 1. The SMILES string of the molecule is CCCN1C(=O)[C@@H](NC(=O)Oc2ccc([N+](=O)[O-])cc2)N=C(C2CCCC2)c2ccccc21. The van der Waals surface area contributed by atoms with E-state index in [9.17, 15) is 19.7 Å². The summed E-state index contributed by atoms with van der Waals surface area (Å²) in [6.45, 7) is 2.49. The first-order chi connectivity index (χ1) is 16.0. The van der Waals surface area contributed by atoms with E-state index in [0.717, 1.165) is 49.1 Å². The molecule has 4 rings (SSSR count). The van der Waals surface area contributed by atoms with Gasteiger partial charge in [-0.3, -0.25) is 25.2 Å². The molecule has 1 N–H and O–H groups in total. The number of aliphatic imine (C=N–C) groups is 1. The van der Waals surface area contributed by atoms with E-state index in [-0.39, 0.29) is 23.3 Å². The van der Waals surface area contributed by atoms with E-state index in [1.807, 2.05) is 31.2 Å². The van der Waals surface area contributed by atoms with Gasteiger partial charge >= 0.3 is 6.09 Å². The number of benzene rings is 2. The average Bonchev–Trinajstić information content (AvgIpc) is 3.31. The molecule has 2 aromatic carbocycles. The van der Waals surface area contributed by atoms with Crippen molar-refractivity contribution in [3.8, 4) is 5.75 Å². The topological polar surface area (TPSA) is 114 Å². The number of ether oxygens (including phenoxy) is 1. The number of nitrogens with one attached hydrogen (secondary N) is 1. The molecule has 1 aliphatic carbocycles. The van der Waals surface area contributed by atoms with Crippen molar-refractivity contribution >= 4 is 29.1 Å². The zero-order chi connectivity index (χ0) is 23.4. The lowest BCUT2D eigenvalue weighted by atomic mass is 9.94. The molecule has 1 atom stereocenters. The van der Waals surface area contributed by atoms with Crippen LogP contribution in [0.2, 0.25) is 0 Å². The Balaban J connectivity index is 1.61. The van der Waals surface area contributed by atoms with Gasteiger partial charge in [0.2, 0.25) is 6.17 Å². The predicted molar refractivity (Wildman–Crippen MR) is 124 cm³/mol. The second-order valence-corrected chi connectivity index (χ2v) is 8.19. The van der Waals surface area contributed by atoms with E-state index in [1.54, 1.807) is 4.90 Å². The van der Waals surface area contributed by atoms with Crippen LogP contribution in [0, 0.1) is 16.0 Å². The number of hydrogen-bond donors (Lipinski definition) is 1. The summed E-state index contributed by atoms with van der Waals surface area (Å²) in [4.78, 5) is 42.8. The summed E-state index contributed by atoms with van der Waals surface area (Å²) in [5, 5.41) is 13.4. The van der Waals surface area contributed by atoms with Crippen LogP contribution in [0.4, 0.5) is 16.2 Å². The van der Waals surface area contributed by atoms with E-state index in [4.69, 9.17) is 9.73 Å². The van der Waals surface area contributed by atoms with Crippen LogP contribution in [0.1, 0.15) is 44.6 Å². The monoisotopic (exact) mass is 450 g/mol. The maximum Gasteiger partial charge on any atom is 0.414 e. The smallest absolute Gasteiger partial charge is 0.410 e. The molecule has 2 aliphatic rings. The van der Waals surface area contributed by atoms with Gasteiger partial charge in [0.15, 0.2) is 0 Å². The van der Waals surface area contributed by atoms with Crippen molar-refractivity contribution in [3.63, 3.8) is 0 Å². The maximum atomic E-state index is 13.4. The fourth-order valence-corrected chi connectivity index (χ4v) is 4.41. The minimum absolute atomic E-state index is 0.111. The number of nitrogens with zero attached hydrogens (tertiary/aromatic N) is 3. The van der Waals surface area contributed by atoms with E-state index < -0.39 is 17.2 Å². The zero-order valence-corrected chi connectivity index (χ0v) is 18.4. The molecule has 0 bridgehead atoms. The lowest BCUT2D eigenvalue weighted by Crippen LogP contribution is -2.48. The lowest BCUT2D eigenvalue weighted by Gasteiger charge is -2.25. The molecule has 2 amide bonds. The Morgan fingerprint density at radius 2 is 1.88 bits per heavy atom. The first-order valence-electron chi connectivity index (χ1n) is 11.2. The summed E-state index contributed by atoms with van der Waals surface area (Å²) in [6, 6.07) is 12.9. The molecule has 0 saturated heterocycles. The van der Waals surface area contributed by atoms with Gasteiger partial charge in [-0.05, 0) is 37.5 Å². The van der Waals surface area contributed by atoms with Gasteiger partial charge in [-0.15, -0.1) is 0 Å². The Labute approximate surface area is 191 Å². The van der Waals surface area contributed by atoms with E-state index >= 15 is 0 Å². The highest BCUT2D eigenvalue weighted by Gasteiger charge is 2.35. The summed E-state index contributed by atoms with van der Waals surface area (Å²) >= 11 is 0. The molecule has 0 unspecified atom stereocenters. The fourth-order valence-electron chi connectivity index (χ4n) is 4.41. The van der Waals surface area contributed by atoms with E-state index in [0.29, 0.717) is 6.54 Å². The predicted octanol–water partition coefficient (Wildman–Crippen LogP) is 4.45. The Bertz CT molecular complexity index is 1080. The number of nitro groups is 1. The standard InChI is InChI=1S/C24H26N4O5/c1-2-15-27-20-10-6-5-9-19(20)21(16-7-3-4-8-16)25-22(23(27)29)26-24(30)33-18-13-11-17(12-14-18)28(31)32/h5-6,9-14,16,22H,2-4,7-8,15H2,1H3,(H,26,30)/t22-/m1/s1. The van der Waals surface area contributed by atoms with Crippen molar-refractivity contribution < 1.29 is 19.2 Å². The number of benzodiazepines with no additional fused rings is 1. The van der Waals surface area contributed by atoms with Crippen LogP contribution in [0.15, 0.2) is 53.5 Å². The summed E-state index contributed by atoms with van der Waals surface area (Å²) in [7, 11) is 0. The van der Waals surface area contributed by atoms with Crippen molar-refractivity contribution in [1.29, 1.82) is 0 Å². The minimum atomic E-state index is -1.12. The summed E-state index contributed by atoms with van der Waals surface area (Å²) in [5.74, 6) is 0.0429. The molecule has 9 nitrogen and oxygen atoms in total. The number of carbonyl (C=O) groups excluding carboxylic acids is 2. The molecule has 1 saturated carbocycles. The van der Waals surface area contributed by atoms with Crippen molar-refractivity contribution in [2.24, 2.45) is 10.9 Å². The van der Waals surface area contributed by atoms with Crippen molar-refractivity contribution in [1.82, 2.24) is 5.32 Å². The number of anilines is 1. The number of hydrogen-bond acceptors (Lipinski definition) is 6. The highest BCUT2D eigenvalue weighted by atomic mass is 16.6. The van der Waals surface area contributed by atoms with Gasteiger partial charge < -0.3 is 9.64 Å². The fraction of sp³-hybridized carbons (Fsp3) is 0.375. The van der Waals surface area contributed by atoms with Crippen molar-refractivity contribution in [2.75, 3.05) is 11.4 Å². The molecule has 1 aliphatic heterocycles. The summed E-state index contributed by atoms with van der Waals surface area (Å²) < 4.78 is 5.26. The molecule has 2 aromatic rings. The van der Waals surface area contributed by atoms with Crippen LogP contribution in [-0.4, -0.2) is 35.3 Å². The van der Waals surface area contributed by atoms with E-state index in [2.05, 4.69) is 5.32 Å². The van der Waals surface area contributed by atoms with Crippen LogP contribution < -0.4 is 15.0 Å². The van der Waals surface area contributed by atoms with Crippen LogP contribution in [0.25, 0.3) is 0 Å². The molecule has 172 valence electrons. The zero-order valence-electron chi connectivity index (χ0n) is 18.4. The summed E-state index contributed by atoms with van der Waals surface area (Å²) in [5.41, 5.74) is 2.47. The third-order valence-electron chi connectivity index (χ3n) is 5.94. The third-order valence-corrected chi connectivity index (χ3v) is 5.94. The van der Waals surface area contributed by atoms with Gasteiger partial charge in [-0.25, -0.2) is 4.79 Å². The number of carbonyl (C=O) groups is 2. The number of rotatable bonds is 6. The molecule has 1 fully saturated rings. The highest BCUT2D eigenvalue weighted by molar-refractivity contribution is 6.14. The molecular weight excluding hydrogens is 424 g/mol. The number of non-ortho nitro benzene ring substituents is 1. The van der Waals surface area contributed by atoms with Crippen molar-refractivity contribution in [3.05, 3.63) is 64.2 Å². The first kappa shape index (κ1) is 22.4. The minimum Gasteiger partial charge on any atom is -0.410 e. The van der Waals surface area contributed by atoms with Gasteiger partial charge in [-0.2, -0.15) is 0 Å². The third kappa shape index (κ3) is 4.87. The lowest BCUT2D eigenvalue weighted by molar-refractivity contribution is -0.384. The van der Waals surface area contributed by atoms with Gasteiger partial charge in [0, 0.05) is 30.2 Å². The first-order valence-corrected chi connectivity index (χ1v) is 11.2. The van der Waals surface area contributed by atoms with Crippen LogP contribution in [0.5, 0.6) is 5.75 Å². The number of para-hydroxylation sites is 1. The normalized spacial score (nSPS) is 18.3. The molecular formula is C24H26N4O5. The molecule has 33 heavy (non-hydrogen) atoms. The Morgan fingerprint density at radius 3 is 2.55 bits per heavy atom. The van der Waals surface area contributed by atoms with Crippen molar-refractivity contribution in [2.45, 2.75) is 45.2 Å². The molecule has 1 heterocycles. The molecule has 0 radical (unpaired) electrons. The largest absolute Gasteiger partial charge is 0.414 e. The van der Waals surface area contributed by atoms with Gasteiger partial charge in [-0.1, -0.05) is 38.0 Å². The van der Waals surface area contributed by atoms with E-state index in [1.165, 1.54) is 24.3 Å². The molecule has 0 spiro atoms. The second kappa shape index (κ2) is 9.81. The van der Waals surface area contributed by atoms with Gasteiger partial charge in [0.1, 0.15) is 5.75 Å². The number of fused-ring (bicyclic) bond motifs is 1. The van der Waals surface area contributed by atoms with Crippen LogP contribution >= 0.6 is 0 Å². The molecule has 0 aromatic heterocycles. The van der Waals surface area contributed by atoms with Crippen LogP contribution in [0.3, 0.4) is 0 Å². The second-order valence-electron chi connectivity index (χ2n) is 8.19. The molecule has 9 heteroatoms.